The second-order valence-corrected chi connectivity index (χ2v) is 4.43. The van der Waals surface area contributed by atoms with Crippen LogP contribution in [0.5, 0.6) is 0 Å². The molecular formula is C10H19ClNO2+. The molecule has 0 bridgehead atoms. The van der Waals surface area contributed by atoms with Gasteiger partial charge in [0.05, 0.1) is 26.2 Å². The van der Waals surface area contributed by atoms with Gasteiger partial charge in [-0.15, -0.1) is 0 Å². The minimum atomic E-state index is -0.688. The van der Waals surface area contributed by atoms with Crippen LogP contribution in [-0.4, -0.2) is 31.7 Å². The fourth-order valence-electron chi connectivity index (χ4n) is 1.89. The van der Waals surface area contributed by atoms with E-state index in [-0.39, 0.29) is 0 Å². The van der Waals surface area contributed by atoms with Crippen molar-refractivity contribution >= 4 is 17.0 Å². The molecule has 82 valence electrons. The first-order valence-electron chi connectivity index (χ1n) is 5.34. The van der Waals surface area contributed by atoms with Crippen LogP contribution >= 0.6 is 11.6 Å². The Bertz CT molecular complexity index is 179. The van der Waals surface area contributed by atoms with Gasteiger partial charge >= 0.3 is 5.43 Å². The molecule has 0 aromatic rings. The highest BCUT2D eigenvalue weighted by atomic mass is 35.5. The number of carbonyl (C=O) groups is 1. The summed E-state index contributed by atoms with van der Waals surface area (Å²) in [7, 11) is 0. The Hall–Kier alpha value is -0.280. The minimum Gasteiger partial charge on any atom is -0.453 e. The largest absolute Gasteiger partial charge is 0.453 e. The van der Waals surface area contributed by atoms with Crippen molar-refractivity contribution in [1.82, 2.24) is 0 Å². The first-order valence-corrected chi connectivity index (χ1v) is 5.72. The van der Waals surface area contributed by atoms with Gasteiger partial charge in [0.1, 0.15) is 0 Å². The zero-order chi connectivity index (χ0) is 10.4. The lowest BCUT2D eigenvalue weighted by Gasteiger charge is -2.27. The number of hydrogen-bond donors (Lipinski definition) is 1. The fourth-order valence-corrected chi connectivity index (χ4v) is 1.97. The van der Waals surface area contributed by atoms with Gasteiger partial charge in [-0.25, -0.2) is 4.79 Å². The van der Waals surface area contributed by atoms with Crippen LogP contribution in [0, 0.1) is 5.92 Å². The van der Waals surface area contributed by atoms with Gasteiger partial charge in [-0.2, -0.15) is 0 Å². The van der Waals surface area contributed by atoms with E-state index in [9.17, 15) is 4.79 Å². The standard InChI is InChI=1S/C10H18ClNO2/c1-9-3-6-12(7-4-9)5-2-8-14-10(11)13/h9H,2-8H2,1H3/p+1. The molecule has 0 aromatic carbocycles. The molecule has 1 aliphatic rings. The maximum Gasteiger partial charge on any atom is 0.403 e. The third kappa shape index (κ3) is 4.82. The summed E-state index contributed by atoms with van der Waals surface area (Å²) < 4.78 is 4.67. The van der Waals surface area contributed by atoms with Gasteiger partial charge < -0.3 is 9.64 Å². The van der Waals surface area contributed by atoms with E-state index >= 15 is 0 Å². The average Bonchev–Trinajstić information content (AvgIpc) is 2.15. The zero-order valence-electron chi connectivity index (χ0n) is 8.72. The van der Waals surface area contributed by atoms with Gasteiger partial charge in [-0.1, -0.05) is 6.92 Å². The molecule has 0 atom stereocenters. The lowest BCUT2D eigenvalue weighted by molar-refractivity contribution is -0.906. The maximum absolute atomic E-state index is 10.3. The van der Waals surface area contributed by atoms with Crippen molar-refractivity contribution in [3.8, 4) is 0 Å². The van der Waals surface area contributed by atoms with Crippen LogP contribution in [0.15, 0.2) is 0 Å². The Morgan fingerprint density at radius 1 is 1.50 bits per heavy atom. The molecule has 0 amide bonds. The lowest BCUT2D eigenvalue weighted by atomic mass is 9.99. The van der Waals surface area contributed by atoms with Crippen LogP contribution in [-0.2, 0) is 4.74 Å². The van der Waals surface area contributed by atoms with Gasteiger partial charge in [0.2, 0.25) is 0 Å². The quantitative estimate of drug-likeness (QED) is 0.568. The molecule has 0 saturated carbocycles. The molecule has 1 aliphatic heterocycles. The van der Waals surface area contributed by atoms with Crippen molar-refractivity contribution < 1.29 is 14.4 Å². The van der Waals surface area contributed by atoms with Gasteiger partial charge in [-0.05, 0) is 18.8 Å². The van der Waals surface area contributed by atoms with Gasteiger partial charge in [0, 0.05) is 18.0 Å². The predicted molar refractivity (Wildman–Crippen MR) is 55.8 cm³/mol. The number of piperidine rings is 1. The van der Waals surface area contributed by atoms with Crippen LogP contribution in [0.4, 0.5) is 4.79 Å². The van der Waals surface area contributed by atoms with Crippen molar-refractivity contribution in [1.29, 1.82) is 0 Å². The smallest absolute Gasteiger partial charge is 0.403 e. The Kier molecular flexibility index (Phi) is 5.26. The van der Waals surface area contributed by atoms with E-state index in [4.69, 9.17) is 11.6 Å². The SMILES string of the molecule is CC1CC[NH+](CCCOC(=O)Cl)CC1. The molecule has 0 aromatic heterocycles. The molecule has 1 heterocycles. The van der Waals surface area contributed by atoms with Crippen molar-refractivity contribution in [2.24, 2.45) is 5.92 Å². The maximum atomic E-state index is 10.3. The number of quaternary nitrogens is 1. The molecule has 3 nitrogen and oxygen atoms in total. The molecule has 14 heavy (non-hydrogen) atoms. The molecule has 1 fully saturated rings. The van der Waals surface area contributed by atoms with Crippen molar-refractivity contribution in [3.63, 3.8) is 0 Å². The topological polar surface area (TPSA) is 30.7 Å². The summed E-state index contributed by atoms with van der Waals surface area (Å²) in [5, 5.41) is 0. The number of hydrogen-bond acceptors (Lipinski definition) is 2. The predicted octanol–water partition coefficient (Wildman–Crippen LogP) is 1.07. The van der Waals surface area contributed by atoms with E-state index in [2.05, 4.69) is 11.7 Å². The molecule has 0 aliphatic carbocycles. The monoisotopic (exact) mass is 220 g/mol. The molecule has 0 radical (unpaired) electrons. The average molecular weight is 221 g/mol. The van der Waals surface area contributed by atoms with Crippen LogP contribution in [0.3, 0.4) is 0 Å². The Morgan fingerprint density at radius 3 is 2.71 bits per heavy atom. The fraction of sp³-hybridized carbons (Fsp3) is 0.900. The molecule has 1 saturated heterocycles. The number of ether oxygens (including phenoxy) is 1. The highest BCUT2D eigenvalue weighted by molar-refractivity contribution is 6.61. The Labute approximate surface area is 90.4 Å². The lowest BCUT2D eigenvalue weighted by Crippen LogP contribution is -3.13. The molecule has 0 spiro atoms. The Balaban J connectivity index is 1.99. The highest BCUT2D eigenvalue weighted by Crippen LogP contribution is 2.06. The van der Waals surface area contributed by atoms with Crippen LogP contribution in [0.25, 0.3) is 0 Å². The minimum absolute atomic E-state index is 0.460. The van der Waals surface area contributed by atoms with E-state index in [0.717, 1.165) is 18.9 Å². The first kappa shape index (κ1) is 11.8. The molecule has 0 unspecified atom stereocenters. The van der Waals surface area contributed by atoms with E-state index in [1.807, 2.05) is 0 Å². The summed E-state index contributed by atoms with van der Waals surface area (Å²) in [4.78, 5) is 11.9. The normalized spacial score (nSPS) is 27.3. The summed E-state index contributed by atoms with van der Waals surface area (Å²) in [6.07, 6.45) is 3.57. The number of rotatable bonds is 4. The van der Waals surface area contributed by atoms with E-state index in [1.54, 1.807) is 4.90 Å². The van der Waals surface area contributed by atoms with Crippen molar-refractivity contribution in [2.45, 2.75) is 26.2 Å². The number of nitrogens with one attached hydrogen (secondary N) is 1. The molecular weight excluding hydrogens is 202 g/mol. The first-order chi connectivity index (χ1) is 6.68. The summed E-state index contributed by atoms with van der Waals surface area (Å²) >= 11 is 5.05. The molecule has 1 N–H and O–H groups in total. The summed E-state index contributed by atoms with van der Waals surface area (Å²) in [6, 6.07) is 0. The van der Waals surface area contributed by atoms with Crippen molar-refractivity contribution in [3.05, 3.63) is 0 Å². The number of halogens is 1. The number of likely N-dealkylation sites (tertiary alicyclic amines) is 1. The van der Waals surface area contributed by atoms with E-state index in [0.29, 0.717) is 6.61 Å². The third-order valence-corrected chi connectivity index (χ3v) is 2.98. The van der Waals surface area contributed by atoms with E-state index < -0.39 is 5.43 Å². The second kappa shape index (κ2) is 6.25. The van der Waals surface area contributed by atoms with Crippen molar-refractivity contribution in [2.75, 3.05) is 26.2 Å². The highest BCUT2D eigenvalue weighted by Gasteiger charge is 2.17. The molecule has 4 heteroatoms. The van der Waals surface area contributed by atoms with E-state index in [1.165, 1.54) is 25.9 Å². The number of carbonyl (C=O) groups excluding carboxylic acids is 1. The van der Waals surface area contributed by atoms with Crippen LogP contribution in [0.1, 0.15) is 26.2 Å². The summed E-state index contributed by atoms with van der Waals surface area (Å²) in [6.45, 7) is 6.39. The summed E-state index contributed by atoms with van der Waals surface area (Å²) in [5.74, 6) is 0.888. The van der Waals surface area contributed by atoms with Gasteiger partial charge in [0.25, 0.3) is 0 Å². The third-order valence-electron chi connectivity index (χ3n) is 2.87. The van der Waals surface area contributed by atoms with Gasteiger partial charge in [0.15, 0.2) is 0 Å². The van der Waals surface area contributed by atoms with Crippen LogP contribution < -0.4 is 4.90 Å². The summed E-state index contributed by atoms with van der Waals surface area (Å²) in [5.41, 5.74) is -0.688. The van der Waals surface area contributed by atoms with Crippen LogP contribution in [0.2, 0.25) is 0 Å². The second-order valence-electron chi connectivity index (χ2n) is 4.12. The zero-order valence-corrected chi connectivity index (χ0v) is 9.48. The van der Waals surface area contributed by atoms with Gasteiger partial charge in [-0.3, -0.25) is 0 Å². The molecule has 1 rings (SSSR count). The Morgan fingerprint density at radius 2 is 2.14 bits per heavy atom.